The second-order valence-electron chi connectivity index (χ2n) is 4.50. The van der Waals surface area contributed by atoms with Gasteiger partial charge in [-0.05, 0) is 31.4 Å². The molecule has 0 radical (unpaired) electrons. The zero-order valence-corrected chi connectivity index (χ0v) is 12.1. The highest BCUT2D eigenvalue weighted by molar-refractivity contribution is 5.94. The van der Waals surface area contributed by atoms with Crippen molar-refractivity contribution in [3.05, 3.63) is 35.1 Å². The molecule has 0 saturated carbocycles. The quantitative estimate of drug-likeness (QED) is 0.707. The lowest BCUT2D eigenvalue weighted by Crippen LogP contribution is -2.25. The van der Waals surface area contributed by atoms with E-state index < -0.39 is 5.82 Å². The molecule has 112 valence electrons. The Kier molecular flexibility index (Phi) is 7.84. The minimum Gasteiger partial charge on any atom is -0.382 e. The molecule has 0 atom stereocenters. The van der Waals surface area contributed by atoms with Crippen molar-refractivity contribution in [2.75, 3.05) is 33.5 Å². The Morgan fingerprint density at radius 1 is 1.25 bits per heavy atom. The van der Waals surface area contributed by atoms with Crippen LogP contribution in [0.5, 0.6) is 0 Å². The van der Waals surface area contributed by atoms with Gasteiger partial charge in [0.05, 0.1) is 18.8 Å². The molecule has 0 unspecified atom stereocenters. The van der Waals surface area contributed by atoms with Crippen molar-refractivity contribution in [2.45, 2.75) is 19.8 Å². The molecule has 0 heterocycles. The first-order valence-electron chi connectivity index (χ1n) is 6.76. The van der Waals surface area contributed by atoms with E-state index in [1.807, 2.05) is 0 Å². The monoisotopic (exact) mass is 283 g/mol. The van der Waals surface area contributed by atoms with E-state index in [-0.39, 0.29) is 11.5 Å². The number of methoxy groups -OCH3 is 1. The third kappa shape index (κ3) is 5.67. The van der Waals surface area contributed by atoms with Crippen LogP contribution in [0.15, 0.2) is 18.2 Å². The summed E-state index contributed by atoms with van der Waals surface area (Å²) in [6, 6.07) is 4.81. The molecule has 0 saturated heterocycles. The van der Waals surface area contributed by atoms with E-state index in [0.717, 1.165) is 12.8 Å². The average molecular weight is 283 g/mol. The minimum atomic E-state index is -0.451. The molecule has 0 bridgehead atoms. The summed E-state index contributed by atoms with van der Waals surface area (Å²) >= 11 is 0. The first-order chi connectivity index (χ1) is 9.66. The summed E-state index contributed by atoms with van der Waals surface area (Å²) < 4.78 is 23.9. The van der Waals surface area contributed by atoms with Crippen molar-refractivity contribution in [3.63, 3.8) is 0 Å². The molecular formula is C15H22FNO3. The highest BCUT2D eigenvalue weighted by Crippen LogP contribution is 2.11. The molecule has 1 rings (SSSR count). The van der Waals surface area contributed by atoms with Crippen molar-refractivity contribution in [1.29, 1.82) is 0 Å². The number of aryl methyl sites for hydroxylation is 1. The molecule has 5 heteroatoms. The summed E-state index contributed by atoms with van der Waals surface area (Å²) in [5.74, 6) is -0.820. The Labute approximate surface area is 119 Å². The lowest BCUT2D eigenvalue weighted by atomic mass is 10.1. The van der Waals surface area contributed by atoms with Gasteiger partial charge in [-0.2, -0.15) is 0 Å². The average Bonchev–Trinajstić information content (AvgIpc) is 2.44. The van der Waals surface area contributed by atoms with Gasteiger partial charge in [0.15, 0.2) is 0 Å². The molecule has 4 nitrogen and oxygen atoms in total. The summed E-state index contributed by atoms with van der Waals surface area (Å²) in [5.41, 5.74) is 0.575. The number of benzene rings is 1. The van der Waals surface area contributed by atoms with Gasteiger partial charge in [0.1, 0.15) is 5.82 Å². The fraction of sp³-hybridized carbons (Fsp3) is 0.533. The van der Waals surface area contributed by atoms with Crippen LogP contribution in [0.25, 0.3) is 0 Å². The molecule has 0 fully saturated rings. The second-order valence-corrected chi connectivity index (χ2v) is 4.50. The lowest BCUT2D eigenvalue weighted by molar-refractivity contribution is 0.0686. The summed E-state index contributed by atoms with van der Waals surface area (Å²) in [6.07, 6.45) is 1.65. The first-order valence-corrected chi connectivity index (χ1v) is 6.76. The van der Waals surface area contributed by atoms with Crippen LogP contribution >= 0.6 is 0 Å². The molecule has 0 aliphatic carbocycles. The van der Waals surface area contributed by atoms with Crippen molar-refractivity contribution in [1.82, 2.24) is 5.32 Å². The normalized spacial score (nSPS) is 10.6. The Morgan fingerprint density at radius 2 is 2.05 bits per heavy atom. The smallest absolute Gasteiger partial charge is 0.254 e. The van der Waals surface area contributed by atoms with E-state index in [1.165, 1.54) is 6.07 Å². The van der Waals surface area contributed by atoms with Gasteiger partial charge in [-0.1, -0.05) is 12.1 Å². The third-order valence-electron chi connectivity index (χ3n) is 2.87. The lowest BCUT2D eigenvalue weighted by Gasteiger charge is -2.07. The molecule has 1 amide bonds. The number of hydrogen-bond acceptors (Lipinski definition) is 3. The van der Waals surface area contributed by atoms with Crippen LogP contribution < -0.4 is 5.32 Å². The summed E-state index contributed by atoms with van der Waals surface area (Å²) in [4.78, 5) is 11.8. The fourth-order valence-electron chi connectivity index (χ4n) is 1.69. The van der Waals surface area contributed by atoms with Crippen LogP contribution in [-0.4, -0.2) is 39.4 Å². The topological polar surface area (TPSA) is 47.6 Å². The van der Waals surface area contributed by atoms with Gasteiger partial charge in [0.2, 0.25) is 0 Å². The highest BCUT2D eigenvalue weighted by atomic mass is 19.1. The fourth-order valence-corrected chi connectivity index (χ4v) is 1.69. The predicted octanol–water partition coefficient (Wildman–Crippen LogP) is 2.31. The Morgan fingerprint density at radius 3 is 2.80 bits per heavy atom. The van der Waals surface area contributed by atoms with Crippen molar-refractivity contribution < 1.29 is 18.7 Å². The minimum absolute atomic E-state index is 0.0985. The summed E-state index contributed by atoms with van der Waals surface area (Å²) in [6.45, 7) is 3.96. The van der Waals surface area contributed by atoms with Crippen molar-refractivity contribution in [3.8, 4) is 0 Å². The number of carbonyl (C=O) groups excluding carboxylic acids is 1. The van der Waals surface area contributed by atoms with Crippen LogP contribution in [0.3, 0.4) is 0 Å². The van der Waals surface area contributed by atoms with Gasteiger partial charge in [0.25, 0.3) is 5.91 Å². The predicted molar refractivity (Wildman–Crippen MR) is 75.4 cm³/mol. The molecule has 20 heavy (non-hydrogen) atoms. The molecule has 0 aliphatic heterocycles. The van der Waals surface area contributed by atoms with E-state index in [2.05, 4.69) is 5.32 Å². The van der Waals surface area contributed by atoms with Gasteiger partial charge >= 0.3 is 0 Å². The van der Waals surface area contributed by atoms with E-state index in [4.69, 9.17) is 9.47 Å². The largest absolute Gasteiger partial charge is 0.382 e. The number of nitrogens with one attached hydrogen (secondary N) is 1. The van der Waals surface area contributed by atoms with Crippen LogP contribution in [0.4, 0.5) is 4.39 Å². The number of amides is 1. The van der Waals surface area contributed by atoms with E-state index in [1.54, 1.807) is 26.2 Å². The molecule has 0 aliphatic rings. The number of ether oxygens (including phenoxy) is 2. The van der Waals surface area contributed by atoms with Crippen LogP contribution in [0.1, 0.15) is 28.8 Å². The third-order valence-corrected chi connectivity index (χ3v) is 2.87. The zero-order valence-electron chi connectivity index (χ0n) is 12.1. The maximum Gasteiger partial charge on any atom is 0.254 e. The van der Waals surface area contributed by atoms with Crippen molar-refractivity contribution >= 4 is 5.91 Å². The highest BCUT2D eigenvalue weighted by Gasteiger charge is 2.11. The van der Waals surface area contributed by atoms with E-state index >= 15 is 0 Å². The molecule has 1 aromatic rings. The summed E-state index contributed by atoms with van der Waals surface area (Å²) in [5, 5.41) is 2.71. The van der Waals surface area contributed by atoms with E-state index in [0.29, 0.717) is 31.9 Å². The first kappa shape index (κ1) is 16.6. The SMILES string of the molecule is COCCOCCCCNC(=O)c1cccc(C)c1F. The second kappa shape index (κ2) is 9.44. The van der Waals surface area contributed by atoms with Gasteiger partial charge in [-0.15, -0.1) is 0 Å². The Bertz CT molecular complexity index is 424. The van der Waals surface area contributed by atoms with Gasteiger partial charge in [-0.25, -0.2) is 4.39 Å². The number of halogens is 1. The standard InChI is InChI=1S/C15H22FNO3/c1-12-6-5-7-13(14(12)16)15(18)17-8-3-4-9-20-11-10-19-2/h5-7H,3-4,8-11H2,1-2H3,(H,17,18). The molecule has 0 aromatic heterocycles. The number of carbonyl (C=O) groups is 1. The Hall–Kier alpha value is -1.46. The van der Waals surface area contributed by atoms with Gasteiger partial charge in [-0.3, -0.25) is 4.79 Å². The Balaban J connectivity index is 2.19. The van der Waals surface area contributed by atoms with Crippen LogP contribution in [0.2, 0.25) is 0 Å². The number of hydrogen-bond donors (Lipinski definition) is 1. The maximum absolute atomic E-state index is 13.7. The van der Waals surface area contributed by atoms with Crippen LogP contribution in [0, 0.1) is 12.7 Å². The molecule has 0 spiro atoms. The van der Waals surface area contributed by atoms with Crippen molar-refractivity contribution in [2.24, 2.45) is 0 Å². The zero-order chi connectivity index (χ0) is 14.8. The van der Waals surface area contributed by atoms with E-state index in [9.17, 15) is 9.18 Å². The number of rotatable bonds is 9. The summed E-state index contributed by atoms with van der Waals surface area (Å²) in [7, 11) is 1.63. The van der Waals surface area contributed by atoms with Gasteiger partial charge in [0, 0.05) is 20.3 Å². The maximum atomic E-state index is 13.7. The molecule has 1 N–H and O–H groups in total. The number of unbranched alkanes of at least 4 members (excludes halogenated alkanes) is 1. The van der Waals surface area contributed by atoms with Gasteiger partial charge < -0.3 is 14.8 Å². The van der Waals surface area contributed by atoms with Crippen LogP contribution in [-0.2, 0) is 9.47 Å². The molecule has 1 aromatic carbocycles. The molecular weight excluding hydrogens is 261 g/mol.